The summed E-state index contributed by atoms with van der Waals surface area (Å²) >= 11 is 0. The molecule has 3 nitrogen and oxygen atoms in total. The third kappa shape index (κ3) is 1.75. The first kappa shape index (κ1) is 11.5. The van der Waals surface area contributed by atoms with Crippen LogP contribution in [0, 0.1) is 12.7 Å². The Balaban J connectivity index is 2.56. The van der Waals surface area contributed by atoms with Crippen LogP contribution < -0.4 is 4.90 Å². The van der Waals surface area contributed by atoms with Gasteiger partial charge in [0.25, 0.3) is 11.7 Å². The number of hydrogen-bond acceptors (Lipinski definition) is 2. The van der Waals surface area contributed by atoms with Crippen LogP contribution in [0.3, 0.4) is 0 Å². The second-order valence-electron chi connectivity index (χ2n) is 3.96. The topological polar surface area (TPSA) is 37.4 Å². The van der Waals surface area contributed by atoms with E-state index in [1.54, 1.807) is 32.1 Å². The van der Waals surface area contributed by atoms with Gasteiger partial charge in [0.2, 0.25) is 0 Å². The van der Waals surface area contributed by atoms with Gasteiger partial charge in [-0.3, -0.25) is 14.5 Å². The molecule has 1 aromatic rings. The number of carbonyl (C=O) groups excluding carboxylic acids is 2. The molecule has 4 heteroatoms. The van der Waals surface area contributed by atoms with E-state index in [4.69, 9.17) is 0 Å². The van der Waals surface area contributed by atoms with Gasteiger partial charge in [-0.05, 0) is 31.5 Å². The number of Topliss-reactive ketones (excluding diaryl/α,β-unsaturated/α-hetero) is 1. The molecule has 0 unspecified atom stereocenters. The molecule has 1 amide bonds. The molecule has 0 aliphatic carbocycles. The van der Waals surface area contributed by atoms with E-state index in [2.05, 4.69) is 0 Å². The lowest BCUT2D eigenvalue weighted by Crippen LogP contribution is -2.30. The summed E-state index contributed by atoms with van der Waals surface area (Å²) in [6, 6.07) is 2.88. The average molecular weight is 233 g/mol. The van der Waals surface area contributed by atoms with E-state index < -0.39 is 17.5 Å². The molecule has 1 aliphatic heterocycles. The number of fused-ring (bicyclic) bond motifs is 1. The van der Waals surface area contributed by atoms with Crippen LogP contribution >= 0.6 is 0 Å². The van der Waals surface area contributed by atoms with E-state index in [0.717, 1.165) is 0 Å². The summed E-state index contributed by atoms with van der Waals surface area (Å²) in [7, 11) is 0. The molecule has 0 radical (unpaired) electrons. The third-order valence-electron chi connectivity index (χ3n) is 2.69. The zero-order chi connectivity index (χ0) is 12.6. The predicted octanol–water partition coefficient (Wildman–Crippen LogP) is 2.24. The number of amides is 1. The SMILES string of the molecule is CC=CCN1C(=O)C(=O)c2cc(C)cc(F)c21. The van der Waals surface area contributed by atoms with Crippen molar-refractivity contribution in [2.75, 3.05) is 11.4 Å². The number of anilines is 1. The zero-order valence-electron chi connectivity index (χ0n) is 9.66. The molecular weight excluding hydrogens is 221 g/mol. The standard InChI is InChI=1S/C13H12FNO2/c1-3-4-5-15-11-9(12(16)13(15)17)6-8(2)7-10(11)14/h3-4,6-7H,5H2,1-2H3. The Morgan fingerprint density at radius 1 is 1.35 bits per heavy atom. The molecule has 0 fully saturated rings. The highest BCUT2D eigenvalue weighted by molar-refractivity contribution is 6.52. The monoisotopic (exact) mass is 233 g/mol. The number of allylic oxidation sites excluding steroid dienone is 1. The van der Waals surface area contributed by atoms with Crippen LogP contribution in [0.2, 0.25) is 0 Å². The number of halogens is 1. The van der Waals surface area contributed by atoms with E-state index in [0.29, 0.717) is 5.56 Å². The Labute approximate surface area is 98.5 Å². The summed E-state index contributed by atoms with van der Waals surface area (Å²) in [5, 5.41) is 0. The van der Waals surface area contributed by atoms with Gasteiger partial charge in [0.15, 0.2) is 0 Å². The average Bonchev–Trinajstić information content (AvgIpc) is 2.51. The quantitative estimate of drug-likeness (QED) is 0.580. The summed E-state index contributed by atoms with van der Waals surface area (Å²) < 4.78 is 13.8. The summed E-state index contributed by atoms with van der Waals surface area (Å²) in [5.41, 5.74) is 0.899. The van der Waals surface area contributed by atoms with Crippen molar-refractivity contribution in [3.63, 3.8) is 0 Å². The van der Waals surface area contributed by atoms with Crippen LogP contribution in [0.25, 0.3) is 0 Å². The van der Waals surface area contributed by atoms with Gasteiger partial charge >= 0.3 is 0 Å². The maximum absolute atomic E-state index is 13.8. The van der Waals surface area contributed by atoms with Crippen LogP contribution in [0.15, 0.2) is 24.3 Å². The highest BCUT2D eigenvalue weighted by atomic mass is 19.1. The Morgan fingerprint density at radius 2 is 2.06 bits per heavy atom. The number of ketones is 1. The number of carbonyl (C=O) groups is 2. The Bertz CT molecular complexity index is 534. The van der Waals surface area contributed by atoms with Crippen LogP contribution in [0.4, 0.5) is 10.1 Å². The Hall–Kier alpha value is -1.97. The molecule has 0 saturated heterocycles. The van der Waals surface area contributed by atoms with Gasteiger partial charge in [0.1, 0.15) is 5.82 Å². The lowest BCUT2D eigenvalue weighted by molar-refractivity contribution is -0.114. The van der Waals surface area contributed by atoms with Gasteiger partial charge in [-0.2, -0.15) is 0 Å². The molecular formula is C13H12FNO2. The summed E-state index contributed by atoms with van der Waals surface area (Å²) in [6.07, 6.45) is 3.46. The maximum atomic E-state index is 13.8. The number of benzene rings is 1. The minimum absolute atomic E-state index is 0.101. The van der Waals surface area contributed by atoms with E-state index in [9.17, 15) is 14.0 Å². The van der Waals surface area contributed by atoms with Gasteiger partial charge in [0.05, 0.1) is 11.3 Å². The molecule has 0 bridgehead atoms. The predicted molar refractivity (Wildman–Crippen MR) is 62.6 cm³/mol. The fraction of sp³-hybridized carbons (Fsp3) is 0.231. The van der Waals surface area contributed by atoms with Crippen molar-refractivity contribution in [1.29, 1.82) is 0 Å². The van der Waals surface area contributed by atoms with Crippen molar-refractivity contribution in [2.45, 2.75) is 13.8 Å². The fourth-order valence-electron chi connectivity index (χ4n) is 1.91. The lowest BCUT2D eigenvalue weighted by Gasteiger charge is -2.14. The molecule has 0 aromatic heterocycles. The third-order valence-corrected chi connectivity index (χ3v) is 2.69. The Kier molecular flexibility index (Phi) is 2.79. The molecule has 0 atom stereocenters. The molecule has 88 valence electrons. The molecule has 2 rings (SSSR count). The fourth-order valence-corrected chi connectivity index (χ4v) is 1.91. The molecule has 0 spiro atoms. The molecule has 1 aliphatic rings. The van der Waals surface area contributed by atoms with Crippen molar-refractivity contribution in [1.82, 2.24) is 0 Å². The largest absolute Gasteiger partial charge is 0.299 e. The van der Waals surface area contributed by atoms with E-state index >= 15 is 0 Å². The highest BCUT2D eigenvalue weighted by Crippen LogP contribution is 2.32. The second-order valence-corrected chi connectivity index (χ2v) is 3.96. The van der Waals surface area contributed by atoms with Gasteiger partial charge in [-0.1, -0.05) is 12.2 Å². The zero-order valence-corrected chi connectivity index (χ0v) is 9.66. The second kappa shape index (κ2) is 4.13. The van der Waals surface area contributed by atoms with Gasteiger partial charge < -0.3 is 0 Å². The van der Waals surface area contributed by atoms with Crippen LogP contribution in [0.5, 0.6) is 0 Å². The van der Waals surface area contributed by atoms with E-state index in [-0.39, 0.29) is 17.8 Å². The number of nitrogens with zero attached hydrogens (tertiary/aromatic N) is 1. The first-order valence-electron chi connectivity index (χ1n) is 5.33. The lowest BCUT2D eigenvalue weighted by atomic mass is 10.1. The van der Waals surface area contributed by atoms with Crippen LogP contribution in [0.1, 0.15) is 22.8 Å². The number of hydrogen-bond donors (Lipinski definition) is 0. The van der Waals surface area contributed by atoms with E-state index in [1.807, 2.05) is 0 Å². The summed E-state index contributed by atoms with van der Waals surface area (Å²) in [5.74, 6) is -1.82. The van der Waals surface area contributed by atoms with Crippen molar-refractivity contribution >= 4 is 17.4 Å². The van der Waals surface area contributed by atoms with Gasteiger partial charge in [-0.25, -0.2) is 4.39 Å². The highest BCUT2D eigenvalue weighted by Gasteiger charge is 2.37. The van der Waals surface area contributed by atoms with Gasteiger partial charge in [-0.15, -0.1) is 0 Å². The van der Waals surface area contributed by atoms with Crippen molar-refractivity contribution in [3.05, 3.63) is 41.2 Å². The van der Waals surface area contributed by atoms with Gasteiger partial charge in [0, 0.05) is 6.54 Å². The molecule has 17 heavy (non-hydrogen) atoms. The molecule has 0 saturated carbocycles. The normalized spacial score (nSPS) is 14.9. The minimum Gasteiger partial charge on any atom is -0.298 e. The molecule has 1 heterocycles. The van der Waals surface area contributed by atoms with E-state index in [1.165, 1.54) is 11.0 Å². The molecule has 0 N–H and O–H groups in total. The van der Waals surface area contributed by atoms with Crippen molar-refractivity contribution in [3.8, 4) is 0 Å². The first-order valence-corrected chi connectivity index (χ1v) is 5.33. The van der Waals surface area contributed by atoms with Crippen molar-refractivity contribution in [2.24, 2.45) is 0 Å². The van der Waals surface area contributed by atoms with Crippen LogP contribution in [-0.2, 0) is 4.79 Å². The number of aryl methyl sites for hydroxylation is 1. The first-order chi connectivity index (χ1) is 8.06. The maximum Gasteiger partial charge on any atom is 0.299 e. The summed E-state index contributed by atoms with van der Waals surface area (Å²) in [4.78, 5) is 24.6. The smallest absolute Gasteiger partial charge is 0.298 e. The Morgan fingerprint density at radius 3 is 2.71 bits per heavy atom. The van der Waals surface area contributed by atoms with Crippen LogP contribution in [-0.4, -0.2) is 18.2 Å². The molecule has 1 aromatic carbocycles. The summed E-state index contributed by atoms with van der Waals surface area (Å²) in [6.45, 7) is 3.71. The minimum atomic E-state index is -0.664. The van der Waals surface area contributed by atoms with Crippen molar-refractivity contribution < 1.29 is 14.0 Å². The number of rotatable bonds is 2.